The largest absolute Gasteiger partial charge is 0.356 e. The van der Waals surface area contributed by atoms with Gasteiger partial charge in [0.25, 0.3) is 5.69 Å². The zero-order valence-electron chi connectivity index (χ0n) is 14.9. The Labute approximate surface area is 148 Å². The van der Waals surface area contributed by atoms with Crippen molar-refractivity contribution >= 4 is 11.6 Å². The summed E-state index contributed by atoms with van der Waals surface area (Å²) < 4.78 is 0. The van der Waals surface area contributed by atoms with Crippen molar-refractivity contribution in [2.24, 2.45) is 4.99 Å². The van der Waals surface area contributed by atoms with Crippen molar-refractivity contribution in [1.29, 1.82) is 0 Å². The van der Waals surface area contributed by atoms with Crippen LogP contribution >= 0.6 is 0 Å². The van der Waals surface area contributed by atoms with E-state index >= 15 is 0 Å². The monoisotopic (exact) mass is 340 g/mol. The number of hydrogen-bond donors (Lipinski definition) is 2. The lowest BCUT2D eigenvalue weighted by Crippen LogP contribution is -2.37. The summed E-state index contributed by atoms with van der Waals surface area (Å²) in [5, 5.41) is 17.3. The Hall–Kier alpha value is -2.89. The molecule has 132 valence electrons. The van der Waals surface area contributed by atoms with Crippen LogP contribution in [-0.4, -0.2) is 24.5 Å². The molecule has 0 bridgehead atoms. The topological polar surface area (TPSA) is 79.6 Å². The highest BCUT2D eigenvalue weighted by Gasteiger charge is 2.06. The van der Waals surface area contributed by atoms with Crippen molar-refractivity contribution in [3.63, 3.8) is 0 Å². The van der Waals surface area contributed by atoms with E-state index in [1.165, 1.54) is 22.8 Å². The van der Waals surface area contributed by atoms with E-state index in [0.717, 1.165) is 18.5 Å². The molecule has 0 aromatic heterocycles. The van der Waals surface area contributed by atoms with Gasteiger partial charge in [0.05, 0.1) is 4.92 Å². The number of aryl methyl sites for hydroxylation is 2. The van der Waals surface area contributed by atoms with Crippen LogP contribution in [0.25, 0.3) is 0 Å². The van der Waals surface area contributed by atoms with Gasteiger partial charge in [0.15, 0.2) is 5.96 Å². The number of non-ortho nitro benzene ring substituents is 1. The van der Waals surface area contributed by atoms with Crippen LogP contribution in [0.3, 0.4) is 0 Å². The molecule has 25 heavy (non-hydrogen) atoms. The van der Waals surface area contributed by atoms with E-state index in [0.29, 0.717) is 12.5 Å². The number of aliphatic imine (C=N–C) groups is 1. The van der Waals surface area contributed by atoms with Crippen molar-refractivity contribution in [3.05, 3.63) is 74.8 Å². The first-order valence-corrected chi connectivity index (χ1v) is 8.23. The molecular weight excluding hydrogens is 316 g/mol. The molecule has 0 radical (unpaired) electrons. The van der Waals surface area contributed by atoms with Gasteiger partial charge in [-0.3, -0.25) is 15.1 Å². The van der Waals surface area contributed by atoms with E-state index in [4.69, 9.17) is 0 Å². The maximum absolute atomic E-state index is 10.8. The summed E-state index contributed by atoms with van der Waals surface area (Å²) in [4.78, 5) is 14.6. The molecule has 0 aliphatic carbocycles. The number of benzene rings is 2. The minimum atomic E-state index is -0.388. The fourth-order valence-electron chi connectivity index (χ4n) is 2.72. The standard InChI is InChI=1S/C19H24N4O2/c1-14-9-15(2)11-16(10-14)7-8-21-19(20-3)22-13-17-5-4-6-18(12-17)23(24)25/h4-6,9-12H,7-8,13H2,1-3H3,(H2,20,21,22). The molecule has 6 nitrogen and oxygen atoms in total. The van der Waals surface area contributed by atoms with E-state index in [1.807, 2.05) is 6.07 Å². The third-order valence-corrected chi connectivity index (χ3v) is 3.79. The van der Waals surface area contributed by atoms with Crippen LogP contribution in [0.15, 0.2) is 47.5 Å². The summed E-state index contributed by atoms with van der Waals surface area (Å²) in [6.07, 6.45) is 0.903. The molecule has 0 unspecified atom stereocenters. The number of rotatable bonds is 6. The maximum Gasteiger partial charge on any atom is 0.269 e. The molecule has 0 fully saturated rings. The predicted octanol–water partition coefficient (Wildman–Crippen LogP) is 3.12. The molecule has 0 spiro atoms. The molecule has 6 heteroatoms. The highest BCUT2D eigenvalue weighted by atomic mass is 16.6. The average molecular weight is 340 g/mol. The van der Waals surface area contributed by atoms with Crippen molar-refractivity contribution in [2.45, 2.75) is 26.8 Å². The second-order valence-electron chi connectivity index (χ2n) is 6.03. The molecule has 0 atom stereocenters. The Morgan fingerprint density at radius 1 is 1.08 bits per heavy atom. The lowest BCUT2D eigenvalue weighted by molar-refractivity contribution is -0.384. The van der Waals surface area contributed by atoms with Gasteiger partial charge in [-0.25, -0.2) is 0 Å². The van der Waals surface area contributed by atoms with E-state index in [1.54, 1.807) is 19.2 Å². The van der Waals surface area contributed by atoms with Gasteiger partial charge in [0.1, 0.15) is 0 Å². The summed E-state index contributed by atoms with van der Waals surface area (Å²) in [5.41, 5.74) is 4.76. The fraction of sp³-hybridized carbons (Fsp3) is 0.316. The van der Waals surface area contributed by atoms with Crippen LogP contribution in [0.2, 0.25) is 0 Å². The molecule has 0 saturated carbocycles. The maximum atomic E-state index is 10.8. The molecule has 0 heterocycles. The Bertz CT molecular complexity index is 752. The zero-order valence-corrected chi connectivity index (χ0v) is 14.9. The Morgan fingerprint density at radius 2 is 1.80 bits per heavy atom. The number of guanidine groups is 1. The summed E-state index contributed by atoms with van der Waals surface area (Å²) in [6.45, 7) is 5.44. The average Bonchev–Trinajstić information content (AvgIpc) is 2.57. The summed E-state index contributed by atoms with van der Waals surface area (Å²) in [6, 6.07) is 13.1. The van der Waals surface area contributed by atoms with E-state index < -0.39 is 0 Å². The van der Waals surface area contributed by atoms with Gasteiger partial charge in [-0.05, 0) is 31.4 Å². The van der Waals surface area contributed by atoms with E-state index in [-0.39, 0.29) is 10.6 Å². The zero-order chi connectivity index (χ0) is 18.2. The SMILES string of the molecule is CN=C(NCCc1cc(C)cc(C)c1)NCc1cccc([N+](=O)[O-])c1. The third-order valence-electron chi connectivity index (χ3n) is 3.79. The van der Waals surface area contributed by atoms with Crippen LogP contribution in [-0.2, 0) is 13.0 Å². The quantitative estimate of drug-likeness (QED) is 0.366. The summed E-state index contributed by atoms with van der Waals surface area (Å²) in [5.74, 6) is 0.677. The van der Waals surface area contributed by atoms with Crippen LogP contribution in [0.1, 0.15) is 22.3 Å². The van der Waals surface area contributed by atoms with Crippen molar-refractivity contribution in [3.8, 4) is 0 Å². The van der Waals surface area contributed by atoms with Crippen molar-refractivity contribution < 1.29 is 4.92 Å². The first kappa shape index (κ1) is 18.4. The van der Waals surface area contributed by atoms with Gasteiger partial charge < -0.3 is 10.6 Å². The lowest BCUT2D eigenvalue weighted by atomic mass is 10.1. The van der Waals surface area contributed by atoms with E-state index in [9.17, 15) is 10.1 Å². The molecule has 2 N–H and O–H groups in total. The molecule has 2 aromatic carbocycles. The number of nitro groups is 1. The predicted molar refractivity (Wildman–Crippen MR) is 101 cm³/mol. The second-order valence-corrected chi connectivity index (χ2v) is 6.03. The highest BCUT2D eigenvalue weighted by Crippen LogP contribution is 2.12. The molecule has 2 aromatic rings. The molecular formula is C19H24N4O2. The number of nitrogens with zero attached hydrogens (tertiary/aromatic N) is 2. The van der Waals surface area contributed by atoms with Crippen LogP contribution in [0, 0.1) is 24.0 Å². The molecule has 0 saturated heterocycles. The molecule has 0 amide bonds. The number of hydrogen-bond acceptors (Lipinski definition) is 3. The van der Waals surface area contributed by atoms with Gasteiger partial charge in [0, 0.05) is 32.3 Å². The number of nitro benzene ring substituents is 1. The first-order valence-electron chi connectivity index (χ1n) is 8.23. The molecule has 0 aliphatic rings. The first-order chi connectivity index (χ1) is 12.0. The van der Waals surface area contributed by atoms with Gasteiger partial charge in [-0.15, -0.1) is 0 Å². The summed E-state index contributed by atoms with van der Waals surface area (Å²) >= 11 is 0. The minimum Gasteiger partial charge on any atom is -0.356 e. The molecule has 2 rings (SSSR count). The number of nitrogens with one attached hydrogen (secondary N) is 2. The molecule has 0 aliphatic heterocycles. The smallest absolute Gasteiger partial charge is 0.269 e. The Morgan fingerprint density at radius 3 is 2.44 bits per heavy atom. The lowest BCUT2D eigenvalue weighted by Gasteiger charge is -2.12. The van der Waals surface area contributed by atoms with Gasteiger partial charge in [-0.1, -0.05) is 41.5 Å². The van der Waals surface area contributed by atoms with Crippen LogP contribution in [0.4, 0.5) is 5.69 Å². The van der Waals surface area contributed by atoms with Crippen molar-refractivity contribution in [2.75, 3.05) is 13.6 Å². The summed E-state index contributed by atoms with van der Waals surface area (Å²) in [7, 11) is 1.71. The Balaban J connectivity index is 1.84. The normalized spacial score (nSPS) is 11.2. The van der Waals surface area contributed by atoms with Crippen LogP contribution < -0.4 is 10.6 Å². The Kier molecular flexibility index (Phi) is 6.51. The van der Waals surface area contributed by atoms with Gasteiger partial charge >= 0.3 is 0 Å². The second kappa shape index (κ2) is 8.82. The van der Waals surface area contributed by atoms with Crippen LogP contribution in [0.5, 0.6) is 0 Å². The fourth-order valence-corrected chi connectivity index (χ4v) is 2.72. The van der Waals surface area contributed by atoms with Crippen molar-refractivity contribution in [1.82, 2.24) is 10.6 Å². The van der Waals surface area contributed by atoms with E-state index in [2.05, 4.69) is 47.7 Å². The highest BCUT2D eigenvalue weighted by molar-refractivity contribution is 5.79. The minimum absolute atomic E-state index is 0.0945. The van der Waals surface area contributed by atoms with Gasteiger partial charge in [-0.2, -0.15) is 0 Å². The van der Waals surface area contributed by atoms with Gasteiger partial charge in [0.2, 0.25) is 0 Å². The third kappa shape index (κ3) is 5.91.